The van der Waals surface area contributed by atoms with E-state index in [9.17, 15) is 14.9 Å². The minimum absolute atomic E-state index is 0.523. The maximum Gasteiger partial charge on any atom is 0.300 e. The monoisotopic (exact) mass is 294 g/mol. The number of nitro groups is 1. The first-order chi connectivity index (χ1) is 10.7. The molecule has 1 aliphatic rings. The minimum atomic E-state index is -1.31. The van der Waals surface area contributed by atoms with Crippen LogP contribution in [-0.4, -0.2) is 16.9 Å². The molecule has 0 spiro atoms. The molecule has 2 aromatic carbocycles. The van der Waals surface area contributed by atoms with Gasteiger partial charge in [0.2, 0.25) is 0 Å². The van der Waals surface area contributed by atoms with E-state index in [2.05, 4.69) is 5.32 Å². The number of nitrogens with zero attached hydrogens (tertiary/aromatic N) is 1. The van der Waals surface area contributed by atoms with Gasteiger partial charge in [-0.05, 0) is 17.2 Å². The summed E-state index contributed by atoms with van der Waals surface area (Å²) in [6, 6.07) is 17.1. The Balaban J connectivity index is 2.08. The van der Waals surface area contributed by atoms with Crippen LogP contribution in [0.3, 0.4) is 0 Å². The molecular weight excluding hydrogens is 280 g/mol. The lowest BCUT2D eigenvalue weighted by Crippen LogP contribution is -2.45. The van der Waals surface area contributed by atoms with Gasteiger partial charge in [-0.25, -0.2) is 0 Å². The standard InChI is InChI=1S/C17H14N2O3/c20-17-16(19(21)22)14(12-7-3-1-4-8-12)11-15(18-17)13-9-5-2-6-10-13/h1-11,14,16H,(H,18,20)/t14-,16-/m1/s1. The largest absolute Gasteiger partial charge is 0.320 e. The molecule has 1 heterocycles. The van der Waals surface area contributed by atoms with E-state index >= 15 is 0 Å². The number of hydrogen-bond acceptors (Lipinski definition) is 3. The summed E-state index contributed by atoms with van der Waals surface area (Å²) in [5.74, 6) is -1.17. The first-order valence-electron chi connectivity index (χ1n) is 6.93. The summed E-state index contributed by atoms with van der Waals surface area (Å²) in [4.78, 5) is 23.0. The van der Waals surface area contributed by atoms with Gasteiger partial charge in [0.05, 0.1) is 5.92 Å². The van der Waals surface area contributed by atoms with Crippen molar-refractivity contribution < 1.29 is 9.72 Å². The number of amides is 1. The predicted molar refractivity (Wildman–Crippen MR) is 82.5 cm³/mol. The van der Waals surface area contributed by atoms with E-state index in [1.54, 1.807) is 18.2 Å². The molecule has 5 heteroatoms. The van der Waals surface area contributed by atoms with Crippen LogP contribution in [0.15, 0.2) is 66.7 Å². The maximum atomic E-state index is 12.2. The van der Waals surface area contributed by atoms with Gasteiger partial charge in [-0.15, -0.1) is 0 Å². The number of benzene rings is 2. The van der Waals surface area contributed by atoms with Crippen LogP contribution < -0.4 is 5.32 Å². The molecule has 1 aliphatic heterocycles. The van der Waals surface area contributed by atoms with Crippen molar-refractivity contribution in [2.45, 2.75) is 12.0 Å². The third kappa shape index (κ3) is 2.61. The summed E-state index contributed by atoms with van der Waals surface area (Å²) >= 11 is 0. The summed E-state index contributed by atoms with van der Waals surface area (Å²) in [6.45, 7) is 0. The Bertz CT molecular complexity index is 726. The molecule has 0 radical (unpaired) electrons. The number of carbonyl (C=O) groups excluding carboxylic acids is 1. The van der Waals surface area contributed by atoms with E-state index < -0.39 is 22.8 Å². The minimum Gasteiger partial charge on any atom is -0.320 e. The Morgan fingerprint density at radius 2 is 1.55 bits per heavy atom. The van der Waals surface area contributed by atoms with Crippen molar-refractivity contribution in [3.05, 3.63) is 88.0 Å². The SMILES string of the molecule is O=C1NC(c2ccccc2)=C[C@H](c2ccccc2)[C@H]1[N+](=O)[O-]. The Morgan fingerprint density at radius 3 is 2.14 bits per heavy atom. The zero-order valence-electron chi connectivity index (χ0n) is 11.7. The van der Waals surface area contributed by atoms with Crippen molar-refractivity contribution >= 4 is 11.6 Å². The second-order valence-electron chi connectivity index (χ2n) is 5.10. The fraction of sp³-hybridized carbons (Fsp3) is 0.118. The van der Waals surface area contributed by atoms with Crippen LogP contribution in [0.1, 0.15) is 17.0 Å². The molecule has 0 fully saturated rings. The van der Waals surface area contributed by atoms with E-state index in [-0.39, 0.29) is 0 Å². The lowest BCUT2D eigenvalue weighted by molar-refractivity contribution is -0.510. The summed E-state index contributed by atoms with van der Waals surface area (Å²) in [7, 11) is 0. The molecule has 1 N–H and O–H groups in total. The topological polar surface area (TPSA) is 72.2 Å². The Hall–Kier alpha value is -2.95. The molecule has 0 saturated heterocycles. The normalized spacial score (nSPS) is 20.9. The third-order valence-electron chi connectivity index (χ3n) is 3.71. The molecule has 0 aromatic heterocycles. The molecule has 22 heavy (non-hydrogen) atoms. The Labute approximate surface area is 127 Å². The average molecular weight is 294 g/mol. The smallest absolute Gasteiger partial charge is 0.300 e. The molecule has 2 aromatic rings. The fourth-order valence-electron chi connectivity index (χ4n) is 2.65. The van der Waals surface area contributed by atoms with Gasteiger partial charge in [0, 0.05) is 10.6 Å². The van der Waals surface area contributed by atoms with Crippen LogP contribution in [0.4, 0.5) is 0 Å². The molecular formula is C17H14N2O3. The van der Waals surface area contributed by atoms with Crippen LogP contribution in [0.25, 0.3) is 5.70 Å². The number of carbonyl (C=O) groups is 1. The molecule has 0 unspecified atom stereocenters. The maximum absolute atomic E-state index is 12.2. The lowest BCUT2D eigenvalue weighted by Gasteiger charge is -2.25. The molecule has 0 aliphatic carbocycles. The molecule has 5 nitrogen and oxygen atoms in total. The van der Waals surface area contributed by atoms with Crippen molar-refractivity contribution in [2.24, 2.45) is 0 Å². The van der Waals surface area contributed by atoms with Gasteiger partial charge in [0.1, 0.15) is 0 Å². The lowest BCUT2D eigenvalue weighted by atomic mass is 9.87. The van der Waals surface area contributed by atoms with Crippen LogP contribution in [0.2, 0.25) is 0 Å². The molecule has 0 saturated carbocycles. The van der Waals surface area contributed by atoms with Gasteiger partial charge in [-0.3, -0.25) is 14.9 Å². The summed E-state index contributed by atoms with van der Waals surface area (Å²) in [5.41, 5.74) is 2.20. The predicted octanol–water partition coefficient (Wildman–Crippen LogP) is 2.59. The van der Waals surface area contributed by atoms with E-state index in [0.717, 1.165) is 11.1 Å². The quantitative estimate of drug-likeness (QED) is 0.698. The summed E-state index contributed by atoms with van der Waals surface area (Å²) in [5, 5.41) is 14.0. The number of nitrogens with one attached hydrogen (secondary N) is 1. The van der Waals surface area contributed by atoms with Crippen LogP contribution >= 0.6 is 0 Å². The average Bonchev–Trinajstić information content (AvgIpc) is 2.55. The van der Waals surface area contributed by atoms with Gasteiger partial charge >= 0.3 is 0 Å². The van der Waals surface area contributed by atoms with E-state index in [0.29, 0.717) is 5.70 Å². The van der Waals surface area contributed by atoms with Crippen molar-refractivity contribution in [3.63, 3.8) is 0 Å². The zero-order valence-corrected chi connectivity index (χ0v) is 11.7. The van der Waals surface area contributed by atoms with Crippen LogP contribution in [0, 0.1) is 10.1 Å². The molecule has 110 valence electrons. The second-order valence-corrected chi connectivity index (χ2v) is 5.10. The first-order valence-corrected chi connectivity index (χ1v) is 6.93. The van der Waals surface area contributed by atoms with Gasteiger partial charge in [-0.2, -0.15) is 0 Å². The highest BCUT2D eigenvalue weighted by Crippen LogP contribution is 2.30. The van der Waals surface area contributed by atoms with Crippen LogP contribution in [-0.2, 0) is 4.79 Å². The fourth-order valence-corrected chi connectivity index (χ4v) is 2.65. The Kier molecular flexibility index (Phi) is 3.70. The van der Waals surface area contributed by atoms with E-state index in [4.69, 9.17) is 0 Å². The summed E-state index contributed by atoms with van der Waals surface area (Å²) in [6.07, 6.45) is 1.76. The number of hydrogen-bond donors (Lipinski definition) is 1. The first kappa shape index (κ1) is 14.0. The number of rotatable bonds is 3. The van der Waals surface area contributed by atoms with Gasteiger partial charge in [0.25, 0.3) is 11.9 Å². The van der Waals surface area contributed by atoms with Crippen molar-refractivity contribution in [2.75, 3.05) is 0 Å². The molecule has 1 amide bonds. The highest BCUT2D eigenvalue weighted by atomic mass is 16.6. The second kappa shape index (κ2) is 5.81. The highest BCUT2D eigenvalue weighted by Gasteiger charge is 2.42. The van der Waals surface area contributed by atoms with E-state index in [1.165, 1.54) is 0 Å². The third-order valence-corrected chi connectivity index (χ3v) is 3.71. The Morgan fingerprint density at radius 1 is 0.955 bits per heavy atom. The van der Waals surface area contributed by atoms with Crippen LogP contribution in [0.5, 0.6) is 0 Å². The molecule has 3 rings (SSSR count). The molecule has 0 bridgehead atoms. The van der Waals surface area contributed by atoms with Crippen molar-refractivity contribution in [1.29, 1.82) is 0 Å². The van der Waals surface area contributed by atoms with Crippen molar-refractivity contribution in [1.82, 2.24) is 5.32 Å². The summed E-state index contributed by atoms with van der Waals surface area (Å²) < 4.78 is 0. The highest BCUT2D eigenvalue weighted by molar-refractivity contribution is 5.93. The van der Waals surface area contributed by atoms with Gasteiger partial charge in [-0.1, -0.05) is 60.7 Å². The van der Waals surface area contributed by atoms with Gasteiger partial charge in [0.15, 0.2) is 0 Å². The van der Waals surface area contributed by atoms with Gasteiger partial charge < -0.3 is 5.32 Å². The van der Waals surface area contributed by atoms with E-state index in [1.807, 2.05) is 48.5 Å². The molecule has 2 atom stereocenters. The van der Waals surface area contributed by atoms with Crippen molar-refractivity contribution in [3.8, 4) is 0 Å². The zero-order chi connectivity index (χ0) is 15.5.